The molecule has 0 N–H and O–H groups in total. The van der Waals surface area contributed by atoms with Gasteiger partial charge in [0.15, 0.2) is 5.78 Å². The van der Waals surface area contributed by atoms with E-state index in [9.17, 15) is 4.79 Å². The Bertz CT molecular complexity index is 916. The quantitative estimate of drug-likeness (QED) is 0.368. The standard InChI is InChI=1S/C21H19ClN2O2S/c1-2-20(25)19-8-9-23-13-21(19)27-18-5-3-17(4-6-18)26-14-16-11-15(12-22)7-10-24-16/h3-11,13H,2,12,14H2,1H3. The van der Waals surface area contributed by atoms with E-state index in [1.54, 1.807) is 24.7 Å². The van der Waals surface area contributed by atoms with Crippen molar-refractivity contribution in [2.75, 3.05) is 0 Å². The summed E-state index contributed by atoms with van der Waals surface area (Å²) in [4.78, 5) is 22.4. The first kappa shape index (κ1) is 19.4. The first-order valence-electron chi connectivity index (χ1n) is 8.57. The van der Waals surface area contributed by atoms with Crippen molar-refractivity contribution in [2.45, 2.75) is 35.6 Å². The van der Waals surface area contributed by atoms with E-state index in [2.05, 4.69) is 9.97 Å². The Hall–Kier alpha value is -2.37. The summed E-state index contributed by atoms with van der Waals surface area (Å²) < 4.78 is 5.79. The Morgan fingerprint density at radius 1 is 1.15 bits per heavy atom. The molecule has 4 nitrogen and oxygen atoms in total. The fourth-order valence-electron chi connectivity index (χ4n) is 2.46. The van der Waals surface area contributed by atoms with Crippen LogP contribution in [0.4, 0.5) is 0 Å². The van der Waals surface area contributed by atoms with Crippen LogP contribution in [-0.2, 0) is 12.5 Å². The summed E-state index contributed by atoms with van der Waals surface area (Å²) in [5.74, 6) is 1.33. The molecule has 0 spiro atoms. The zero-order valence-corrected chi connectivity index (χ0v) is 16.5. The monoisotopic (exact) mass is 398 g/mol. The Labute approximate surface area is 168 Å². The fraction of sp³-hybridized carbons (Fsp3) is 0.190. The number of nitrogens with zero attached hydrogens (tertiary/aromatic N) is 2. The number of ketones is 1. The lowest BCUT2D eigenvalue weighted by molar-refractivity contribution is 0.0985. The van der Waals surface area contributed by atoms with E-state index < -0.39 is 0 Å². The van der Waals surface area contributed by atoms with Crippen LogP contribution < -0.4 is 4.74 Å². The largest absolute Gasteiger partial charge is 0.487 e. The molecule has 0 atom stereocenters. The van der Waals surface area contributed by atoms with Gasteiger partial charge in [0.05, 0.1) is 5.69 Å². The maximum absolute atomic E-state index is 12.1. The van der Waals surface area contributed by atoms with Gasteiger partial charge in [0.25, 0.3) is 0 Å². The Kier molecular flexibility index (Phi) is 6.85. The number of carbonyl (C=O) groups excluding carboxylic acids is 1. The molecule has 0 aliphatic rings. The van der Waals surface area contributed by atoms with E-state index in [0.717, 1.165) is 26.8 Å². The summed E-state index contributed by atoms with van der Waals surface area (Å²) in [5.41, 5.74) is 2.57. The van der Waals surface area contributed by atoms with Gasteiger partial charge in [-0.1, -0.05) is 18.7 Å². The average molecular weight is 399 g/mol. The van der Waals surface area contributed by atoms with E-state index in [0.29, 0.717) is 24.5 Å². The third-order valence-electron chi connectivity index (χ3n) is 3.88. The number of halogens is 1. The van der Waals surface area contributed by atoms with Gasteiger partial charge >= 0.3 is 0 Å². The Morgan fingerprint density at radius 2 is 1.96 bits per heavy atom. The molecule has 0 saturated heterocycles. The predicted octanol–water partition coefficient (Wildman–Crippen LogP) is 5.54. The van der Waals surface area contributed by atoms with Crippen LogP contribution in [-0.4, -0.2) is 15.8 Å². The van der Waals surface area contributed by atoms with Crippen LogP contribution in [0.15, 0.2) is 70.8 Å². The first-order chi connectivity index (χ1) is 13.2. The third-order valence-corrected chi connectivity index (χ3v) is 5.24. The summed E-state index contributed by atoms with van der Waals surface area (Å²) in [7, 11) is 0. The number of Topliss-reactive ketones (excluding diaryl/α,β-unsaturated/α-hetero) is 1. The maximum Gasteiger partial charge on any atom is 0.163 e. The van der Waals surface area contributed by atoms with Crippen LogP contribution in [0.25, 0.3) is 0 Å². The van der Waals surface area contributed by atoms with Gasteiger partial charge in [-0.15, -0.1) is 11.6 Å². The molecular formula is C21H19ClN2O2S. The fourth-order valence-corrected chi connectivity index (χ4v) is 3.56. The lowest BCUT2D eigenvalue weighted by atomic mass is 10.1. The van der Waals surface area contributed by atoms with Gasteiger partial charge in [-0.3, -0.25) is 14.8 Å². The highest BCUT2D eigenvalue weighted by Crippen LogP contribution is 2.31. The van der Waals surface area contributed by atoms with Gasteiger partial charge < -0.3 is 4.74 Å². The normalized spacial score (nSPS) is 10.6. The molecule has 0 fully saturated rings. The van der Waals surface area contributed by atoms with Gasteiger partial charge in [0, 0.05) is 46.2 Å². The molecule has 138 valence electrons. The van der Waals surface area contributed by atoms with E-state index in [1.165, 1.54) is 11.8 Å². The van der Waals surface area contributed by atoms with E-state index >= 15 is 0 Å². The minimum absolute atomic E-state index is 0.117. The number of hydrogen-bond acceptors (Lipinski definition) is 5. The van der Waals surface area contributed by atoms with E-state index in [-0.39, 0.29) is 5.78 Å². The molecule has 0 aliphatic carbocycles. The second-order valence-electron chi connectivity index (χ2n) is 5.80. The van der Waals surface area contributed by atoms with Crippen LogP contribution in [0.3, 0.4) is 0 Å². The summed E-state index contributed by atoms with van der Waals surface area (Å²) in [6.45, 7) is 2.25. The van der Waals surface area contributed by atoms with Crippen molar-refractivity contribution < 1.29 is 9.53 Å². The van der Waals surface area contributed by atoms with Crippen molar-refractivity contribution in [1.82, 2.24) is 9.97 Å². The first-order valence-corrected chi connectivity index (χ1v) is 9.92. The molecule has 1 aromatic carbocycles. The zero-order chi connectivity index (χ0) is 19.1. The second-order valence-corrected chi connectivity index (χ2v) is 7.18. The number of alkyl halides is 1. The lowest BCUT2D eigenvalue weighted by Gasteiger charge is -2.09. The number of aromatic nitrogens is 2. The van der Waals surface area contributed by atoms with Crippen LogP contribution >= 0.6 is 23.4 Å². The summed E-state index contributed by atoms with van der Waals surface area (Å²) in [5, 5.41) is 0. The molecule has 3 rings (SSSR count). The Balaban J connectivity index is 1.65. The molecule has 0 amide bonds. The summed E-state index contributed by atoms with van der Waals surface area (Å²) >= 11 is 7.36. The molecule has 2 heterocycles. The molecule has 0 unspecified atom stereocenters. The minimum atomic E-state index is 0.117. The molecule has 0 saturated carbocycles. The van der Waals surface area contributed by atoms with Gasteiger partial charge in [-0.25, -0.2) is 0 Å². The number of benzene rings is 1. The smallest absolute Gasteiger partial charge is 0.163 e. The van der Waals surface area contributed by atoms with Crippen LogP contribution in [0.2, 0.25) is 0 Å². The number of rotatable bonds is 8. The van der Waals surface area contributed by atoms with Gasteiger partial charge in [0.2, 0.25) is 0 Å². The maximum atomic E-state index is 12.1. The third kappa shape index (κ3) is 5.31. The molecule has 2 aromatic heterocycles. The van der Waals surface area contributed by atoms with Crippen LogP contribution in [0.5, 0.6) is 5.75 Å². The number of hydrogen-bond donors (Lipinski definition) is 0. The SMILES string of the molecule is CCC(=O)c1ccncc1Sc1ccc(OCc2cc(CCl)ccn2)cc1. The van der Waals surface area contributed by atoms with Gasteiger partial charge in [-0.05, 0) is 48.0 Å². The second kappa shape index (κ2) is 9.53. The van der Waals surface area contributed by atoms with Crippen molar-refractivity contribution in [2.24, 2.45) is 0 Å². The van der Waals surface area contributed by atoms with Crippen molar-refractivity contribution >= 4 is 29.1 Å². The van der Waals surface area contributed by atoms with Crippen molar-refractivity contribution in [1.29, 1.82) is 0 Å². The molecule has 0 radical (unpaired) electrons. The van der Waals surface area contributed by atoms with E-state index in [1.807, 2.05) is 43.3 Å². The molecule has 0 aliphatic heterocycles. The molecule has 27 heavy (non-hydrogen) atoms. The Morgan fingerprint density at radius 3 is 2.70 bits per heavy atom. The average Bonchev–Trinajstić information content (AvgIpc) is 2.73. The van der Waals surface area contributed by atoms with Gasteiger partial charge in [0.1, 0.15) is 12.4 Å². The highest BCUT2D eigenvalue weighted by Gasteiger charge is 2.11. The molecular weight excluding hydrogens is 380 g/mol. The van der Waals surface area contributed by atoms with Crippen LogP contribution in [0, 0.1) is 0 Å². The predicted molar refractivity (Wildman–Crippen MR) is 108 cm³/mol. The minimum Gasteiger partial charge on any atom is -0.487 e. The molecule has 0 bridgehead atoms. The van der Waals surface area contributed by atoms with E-state index in [4.69, 9.17) is 16.3 Å². The number of carbonyl (C=O) groups is 1. The highest BCUT2D eigenvalue weighted by atomic mass is 35.5. The molecule has 3 aromatic rings. The van der Waals surface area contributed by atoms with Crippen molar-refractivity contribution in [3.63, 3.8) is 0 Å². The topological polar surface area (TPSA) is 52.1 Å². The molecule has 6 heteroatoms. The highest BCUT2D eigenvalue weighted by molar-refractivity contribution is 7.99. The van der Waals surface area contributed by atoms with Crippen molar-refractivity contribution in [3.8, 4) is 5.75 Å². The van der Waals surface area contributed by atoms with Crippen molar-refractivity contribution in [3.05, 3.63) is 77.9 Å². The summed E-state index contributed by atoms with van der Waals surface area (Å²) in [6.07, 6.45) is 5.59. The summed E-state index contributed by atoms with van der Waals surface area (Å²) in [6, 6.07) is 13.3. The van der Waals surface area contributed by atoms with Crippen LogP contribution in [0.1, 0.15) is 35.0 Å². The number of pyridine rings is 2. The lowest BCUT2D eigenvalue weighted by Crippen LogP contribution is -1.99. The zero-order valence-electron chi connectivity index (χ0n) is 14.9. The van der Waals surface area contributed by atoms with Gasteiger partial charge in [-0.2, -0.15) is 0 Å². The number of ether oxygens (including phenoxy) is 1.